The molecule has 0 saturated carbocycles. The summed E-state index contributed by atoms with van der Waals surface area (Å²) in [6, 6.07) is 3.70. The zero-order valence-electron chi connectivity index (χ0n) is 8.41. The number of hydrogen-bond acceptors (Lipinski definition) is 3. The zero-order chi connectivity index (χ0) is 10.6. The van der Waals surface area contributed by atoms with Crippen molar-refractivity contribution in [1.82, 2.24) is 4.98 Å². The van der Waals surface area contributed by atoms with Crippen molar-refractivity contribution in [1.29, 1.82) is 0 Å². The van der Waals surface area contributed by atoms with Crippen LogP contribution in [-0.2, 0) is 16.0 Å². The van der Waals surface area contributed by atoms with Crippen LogP contribution in [0.1, 0.15) is 17.0 Å². The predicted octanol–water partition coefficient (Wildman–Crippen LogP) is 1.75. The highest BCUT2D eigenvalue weighted by Crippen LogP contribution is 2.08. The van der Waals surface area contributed by atoms with Crippen LogP contribution in [0.15, 0.2) is 18.7 Å². The molecule has 0 saturated heterocycles. The molecular formula is C11H13NO2. The highest BCUT2D eigenvalue weighted by Gasteiger charge is 2.04. The monoisotopic (exact) mass is 191 g/mol. The van der Waals surface area contributed by atoms with Crippen molar-refractivity contribution < 1.29 is 9.53 Å². The van der Waals surface area contributed by atoms with Gasteiger partial charge in [-0.15, -0.1) is 0 Å². The van der Waals surface area contributed by atoms with Gasteiger partial charge in [0.25, 0.3) is 0 Å². The van der Waals surface area contributed by atoms with E-state index in [-0.39, 0.29) is 12.4 Å². The van der Waals surface area contributed by atoms with E-state index >= 15 is 0 Å². The lowest BCUT2D eigenvalue weighted by Gasteiger charge is -2.02. The number of hydrogen-bond donors (Lipinski definition) is 0. The van der Waals surface area contributed by atoms with Crippen LogP contribution in [-0.4, -0.2) is 18.1 Å². The second kappa shape index (κ2) is 4.56. The third kappa shape index (κ3) is 2.69. The van der Waals surface area contributed by atoms with Crippen molar-refractivity contribution in [3.63, 3.8) is 0 Å². The van der Waals surface area contributed by atoms with E-state index in [4.69, 9.17) is 0 Å². The Morgan fingerprint density at radius 2 is 2.36 bits per heavy atom. The smallest absolute Gasteiger partial charge is 0.309 e. The summed E-state index contributed by atoms with van der Waals surface area (Å²) < 4.78 is 4.58. The molecule has 3 nitrogen and oxygen atoms in total. The Balaban J connectivity index is 2.91. The molecule has 14 heavy (non-hydrogen) atoms. The van der Waals surface area contributed by atoms with Crippen LogP contribution in [0.2, 0.25) is 0 Å². The number of aromatic nitrogens is 1. The third-order valence-electron chi connectivity index (χ3n) is 1.82. The first-order valence-electron chi connectivity index (χ1n) is 4.32. The predicted molar refractivity (Wildman–Crippen MR) is 54.8 cm³/mol. The second-order valence-corrected chi connectivity index (χ2v) is 3.00. The maximum Gasteiger partial charge on any atom is 0.309 e. The van der Waals surface area contributed by atoms with Crippen LogP contribution in [0.5, 0.6) is 0 Å². The van der Waals surface area contributed by atoms with Gasteiger partial charge in [0, 0.05) is 5.69 Å². The number of nitrogens with zero attached hydrogens (tertiary/aromatic N) is 1. The first-order chi connectivity index (χ1) is 6.65. The lowest BCUT2D eigenvalue weighted by Crippen LogP contribution is -2.05. The number of carbonyl (C=O) groups excluding carboxylic acids is 1. The lowest BCUT2D eigenvalue weighted by molar-refractivity contribution is -0.139. The first kappa shape index (κ1) is 10.4. The van der Waals surface area contributed by atoms with Gasteiger partial charge in [-0.3, -0.25) is 9.78 Å². The summed E-state index contributed by atoms with van der Waals surface area (Å²) in [5, 5.41) is 0. The van der Waals surface area contributed by atoms with Crippen LogP contribution in [0.25, 0.3) is 6.08 Å². The Labute approximate surface area is 83.4 Å². The van der Waals surface area contributed by atoms with Crippen LogP contribution in [0.3, 0.4) is 0 Å². The van der Waals surface area contributed by atoms with Gasteiger partial charge in [-0.2, -0.15) is 0 Å². The average molecular weight is 191 g/mol. The molecule has 1 heterocycles. The van der Waals surface area contributed by atoms with E-state index in [1.54, 1.807) is 6.08 Å². The number of aryl methyl sites for hydroxylation is 1. The minimum absolute atomic E-state index is 0.245. The molecule has 0 unspecified atom stereocenters. The summed E-state index contributed by atoms with van der Waals surface area (Å²) >= 11 is 0. The zero-order valence-corrected chi connectivity index (χ0v) is 8.41. The largest absolute Gasteiger partial charge is 0.469 e. The van der Waals surface area contributed by atoms with Crippen LogP contribution in [0, 0.1) is 6.92 Å². The molecule has 0 fully saturated rings. The summed E-state index contributed by atoms with van der Waals surface area (Å²) in [5.41, 5.74) is 2.56. The lowest BCUT2D eigenvalue weighted by atomic mass is 10.1. The summed E-state index contributed by atoms with van der Waals surface area (Å²) in [6.45, 7) is 5.52. The molecule has 0 aliphatic rings. The first-order valence-corrected chi connectivity index (χ1v) is 4.32. The van der Waals surface area contributed by atoms with Gasteiger partial charge >= 0.3 is 5.97 Å². The highest BCUT2D eigenvalue weighted by molar-refractivity contribution is 5.72. The number of methoxy groups -OCH3 is 1. The Morgan fingerprint density at radius 3 is 2.93 bits per heavy atom. The molecule has 0 aliphatic carbocycles. The molecule has 0 aliphatic heterocycles. The maximum absolute atomic E-state index is 11.0. The molecule has 0 amide bonds. The minimum Gasteiger partial charge on any atom is -0.469 e. The van der Waals surface area contributed by atoms with Crippen LogP contribution < -0.4 is 0 Å². The molecule has 1 rings (SSSR count). The molecule has 0 aromatic carbocycles. The highest BCUT2D eigenvalue weighted by atomic mass is 16.5. The summed E-state index contributed by atoms with van der Waals surface area (Å²) in [4.78, 5) is 15.2. The van der Waals surface area contributed by atoms with E-state index in [1.807, 2.05) is 19.1 Å². The van der Waals surface area contributed by atoms with Crippen molar-refractivity contribution in [2.24, 2.45) is 0 Å². The van der Waals surface area contributed by atoms with Gasteiger partial charge in [-0.25, -0.2) is 0 Å². The number of pyridine rings is 1. The fourth-order valence-corrected chi connectivity index (χ4v) is 1.21. The molecule has 1 aromatic heterocycles. The van der Waals surface area contributed by atoms with Crippen molar-refractivity contribution in [2.45, 2.75) is 13.3 Å². The molecule has 0 radical (unpaired) electrons. The quantitative estimate of drug-likeness (QED) is 0.683. The Bertz CT molecular complexity index is 358. The number of esters is 1. The Kier molecular flexibility index (Phi) is 3.40. The van der Waals surface area contributed by atoms with Crippen LogP contribution in [0.4, 0.5) is 0 Å². The van der Waals surface area contributed by atoms with E-state index in [2.05, 4.69) is 16.3 Å². The van der Waals surface area contributed by atoms with Gasteiger partial charge in [0.1, 0.15) is 0 Å². The van der Waals surface area contributed by atoms with Crippen molar-refractivity contribution in [3.05, 3.63) is 35.7 Å². The number of ether oxygens (including phenoxy) is 1. The van der Waals surface area contributed by atoms with E-state index in [0.717, 1.165) is 17.0 Å². The number of rotatable bonds is 3. The summed E-state index contributed by atoms with van der Waals surface area (Å²) in [5.74, 6) is -0.245. The van der Waals surface area contributed by atoms with Crippen molar-refractivity contribution in [2.75, 3.05) is 7.11 Å². The van der Waals surface area contributed by atoms with E-state index in [1.165, 1.54) is 7.11 Å². The minimum atomic E-state index is -0.245. The van der Waals surface area contributed by atoms with Gasteiger partial charge in [0.2, 0.25) is 0 Å². The fraction of sp³-hybridized carbons (Fsp3) is 0.273. The van der Waals surface area contributed by atoms with E-state index < -0.39 is 0 Å². The second-order valence-electron chi connectivity index (χ2n) is 3.00. The van der Waals surface area contributed by atoms with Crippen molar-refractivity contribution >= 4 is 12.0 Å². The van der Waals surface area contributed by atoms with Crippen molar-refractivity contribution in [3.8, 4) is 0 Å². The Morgan fingerprint density at radius 1 is 1.64 bits per heavy atom. The SMILES string of the molecule is C=Cc1cc(CC(=O)OC)cc(C)n1. The Hall–Kier alpha value is -1.64. The summed E-state index contributed by atoms with van der Waals surface area (Å²) in [7, 11) is 1.38. The standard InChI is InChI=1S/C11H13NO2/c1-4-10-6-9(5-8(2)12-10)7-11(13)14-3/h4-6H,1,7H2,2-3H3. The molecular weight excluding hydrogens is 178 g/mol. The average Bonchev–Trinajstić information content (AvgIpc) is 2.16. The number of carbonyl (C=O) groups is 1. The molecule has 0 spiro atoms. The van der Waals surface area contributed by atoms with E-state index in [0.29, 0.717) is 0 Å². The van der Waals surface area contributed by atoms with Crippen LogP contribution >= 0.6 is 0 Å². The molecule has 0 bridgehead atoms. The maximum atomic E-state index is 11.0. The molecule has 3 heteroatoms. The van der Waals surface area contributed by atoms with Gasteiger partial charge in [0.15, 0.2) is 0 Å². The normalized spacial score (nSPS) is 9.57. The summed E-state index contributed by atoms with van der Waals surface area (Å²) in [6.07, 6.45) is 1.94. The van der Waals surface area contributed by atoms with Gasteiger partial charge < -0.3 is 4.74 Å². The van der Waals surface area contributed by atoms with Gasteiger partial charge in [-0.1, -0.05) is 6.58 Å². The molecule has 74 valence electrons. The fourth-order valence-electron chi connectivity index (χ4n) is 1.21. The topological polar surface area (TPSA) is 39.2 Å². The molecule has 0 atom stereocenters. The molecule has 1 aromatic rings. The third-order valence-corrected chi connectivity index (χ3v) is 1.82. The molecule has 0 N–H and O–H groups in total. The van der Waals surface area contributed by atoms with E-state index in [9.17, 15) is 4.79 Å². The van der Waals surface area contributed by atoms with Gasteiger partial charge in [0.05, 0.1) is 19.2 Å². The van der Waals surface area contributed by atoms with Gasteiger partial charge in [-0.05, 0) is 30.7 Å².